The van der Waals surface area contributed by atoms with E-state index in [4.69, 9.17) is 10.5 Å². The van der Waals surface area contributed by atoms with E-state index in [1.54, 1.807) is 7.11 Å². The predicted octanol–water partition coefficient (Wildman–Crippen LogP) is 1.79. The Balaban J connectivity index is 2.23. The van der Waals surface area contributed by atoms with Crippen LogP contribution in [-0.4, -0.2) is 34.5 Å². The molecule has 0 saturated heterocycles. The van der Waals surface area contributed by atoms with Crippen LogP contribution in [0.1, 0.15) is 45.4 Å². The van der Waals surface area contributed by atoms with Crippen molar-refractivity contribution in [2.75, 3.05) is 13.7 Å². The fourth-order valence-corrected chi connectivity index (χ4v) is 3.21. The van der Waals surface area contributed by atoms with Crippen LogP contribution in [0.5, 0.6) is 0 Å². The highest BCUT2D eigenvalue weighted by atomic mass is 16.5. The molecule has 1 aromatic rings. The summed E-state index contributed by atoms with van der Waals surface area (Å²) in [5.74, 6) is 1.99. The largest absolute Gasteiger partial charge is 0.383 e. The number of nitrogens with zero attached hydrogens (tertiary/aromatic N) is 3. The molecule has 19 heavy (non-hydrogen) atoms. The third-order valence-corrected chi connectivity index (χ3v) is 5.00. The first kappa shape index (κ1) is 14.5. The Morgan fingerprint density at radius 2 is 2.21 bits per heavy atom. The molecule has 2 rings (SSSR count). The van der Waals surface area contributed by atoms with Gasteiger partial charge in [0, 0.05) is 25.6 Å². The fourth-order valence-electron chi connectivity index (χ4n) is 3.21. The van der Waals surface area contributed by atoms with Crippen molar-refractivity contribution < 1.29 is 4.74 Å². The number of nitrogens with two attached hydrogens (primary N) is 1. The van der Waals surface area contributed by atoms with Crippen LogP contribution >= 0.6 is 0 Å². The zero-order valence-electron chi connectivity index (χ0n) is 12.5. The summed E-state index contributed by atoms with van der Waals surface area (Å²) in [7, 11) is 1.72. The van der Waals surface area contributed by atoms with Crippen LogP contribution in [0.4, 0.5) is 0 Å². The topological polar surface area (TPSA) is 66.0 Å². The lowest BCUT2D eigenvalue weighted by atomic mass is 9.61. The molecule has 2 N–H and O–H groups in total. The van der Waals surface area contributed by atoms with Gasteiger partial charge in [0.25, 0.3) is 0 Å². The van der Waals surface area contributed by atoms with E-state index in [1.165, 1.54) is 0 Å². The molecule has 1 fully saturated rings. The minimum atomic E-state index is 0.148. The normalized spacial score (nSPS) is 30.5. The third kappa shape index (κ3) is 2.67. The number of rotatable bonds is 4. The Morgan fingerprint density at radius 3 is 2.89 bits per heavy atom. The van der Waals surface area contributed by atoms with Crippen LogP contribution < -0.4 is 5.73 Å². The summed E-state index contributed by atoms with van der Waals surface area (Å²) in [4.78, 5) is 0. The molecule has 5 nitrogen and oxygen atoms in total. The lowest BCUT2D eigenvalue weighted by Gasteiger charge is -2.46. The van der Waals surface area contributed by atoms with Gasteiger partial charge in [0.15, 0.2) is 0 Å². The molecule has 1 aromatic heterocycles. The minimum absolute atomic E-state index is 0.148. The summed E-state index contributed by atoms with van der Waals surface area (Å²) in [6.07, 6.45) is 3.96. The van der Waals surface area contributed by atoms with E-state index in [-0.39, 0.29) is 5.41 Å². The van der Waals surface area contributed by atoms with E-state index < -0.39 is 0 Å². The molecular weight excluding hydrogens is 240 g/mol. The van der Waals surface area contributed by atoms with Gasteiger partial charge in [-0.05, 0) is 24.2 Å². The molecule has 1 saturated carbocycles. The molecule has 0 spiro atoms. The Morgan fingerprint density at radius 1 is 1.47 bits per heavy atom. The van der Waals surface area contributed by atoms with Crippen LogP contribution in [0.3, 0.4) is 0 Å². The second-order valence-electron chi connectivity index (χ2n) is 6.28. The van der Waals surface area contributed by atoms with Crippen molar-refractivity contribution in [1.29, 1.82) is 0 Å². The average molecular weight is 266 g/mol. The van der Waals surface area contributed by atoms with Gasteiger partial charge >= 0.3 is 0 Å². The Bertz CT molecular complexity index is 415. The molecule has 0 aromatic carbocycles. The van der Waals surface area contributed by atoms with Gasteiger partial charge in [-0.1, -0.05) is 20.8 Å². The number of hydrogen-bond donors (Lipinski definition) is 1. The molecule has 3 unspecified atom stereocenters. The van der Waals surface area contributed by atoms with E-state index in [2.05, 4.69) is 35.5 Å². The summed E-state index contributed by atoms with van der Waals surface area (Å²) in [5, 5.41) is 8.45. The lowest BCUT2D eigenvalue weighted by Crippen LogP contribution is -2.46. The molecule has 108 valence electrons. The maximum Gasteiger partial charge on any atom is 0.136 e. The summed E-state index contributed by atoms with van der Waals surface area (Å²) in [5.41, 5.74) is 6.37. The molecule has 0 aliphatic heterocycles. The summed E-state index contributed by atoms with van der Waals surface area (Å²) < 4.78 is 7.28. The van der Waals surface area contributed by atoms with Gasteiger partial charge in [0.2, 0.25) is 0 Å². The quantitative estimate of drug-likeness (QED) is 0.902. The lowest BCUT2D eigenvalue weighted by molar-refractivity contribution is 0.0912. The maximum absolute atomic E-state index is 6.22. The van der Waals surface area contributed by atoms with Crippen molar-refractivity contribution in [2.24, 2.45) is 17.1 Å². The van der Waals surface area contributed by atoms with E-state index >= 15 is 0 Å². The van der Waals surface area contributed by atoms with Crippen LogP contribution in [0.25, 0.3) is 0 Å². The smallest absolute Gasteiger partial charge is 0.136 e. The van der Waals surface area contributed by atoms with Crippen LogP contribution in [0.15, 0.2) is 6.33 Å². The predicted molar refractivity (Wildman–Crippen MR) is 74.8 cm³/mol. The van der Waals surface area contributed by atoms with Crippen LogP contribution in [0.2, 0.25) is 0 Å². The van der Waals surface area contributed by atoms with Gasteiger partial charge in [-0.15, -0.1) is 10.2 Å². The van der Waals surface area contributed by atoms with Crippen molar-refractivity contribution in [1.82, 2.24) is 14.8 Å². The highest BCUT2D eigenvalue weighted by Crippen LogP contribution is 2.49. The van der Waals surface area contributed by atoms with Gasteiger partial charge in [-0.3, -0.25) is 0 Å². The molecule has 0 radical (unpaired) electrons. The van der Waals surface area contributed by atoms with Crippen molar-refractivity contribution in [3.05, 3.63) is 12.2 Å². The van der Waals surface area contributed by atoms with E-state index in [1.807, 2.05) is 6.33 Å². The molecule has 0 amide bonds. The molecule has 0 bridgehead atoms. The zero-order valence-corrected chi connectivity index (χ0v) is 12.5. The van der Waals surface area contributed by atoms with Crippen molar-refractivity contribution >= 4 is 0 Å². The number of ether oxygens (including phenoxy) is 1. The minimum Gasteiger partial charge on any atom is -0.383 e. The maximum atomic E-state index is 6.22. The highest BCUT2D eigenvalue weighted by Gasteiger charge is 2.44. The Labute approximate surface area is 115 Å². The van der Waals surface area contributed by atoms with Gasteiger partial charge < -0.3 is 15.0 Å². The second kappa shape index (κ2) is 5.59. The molecule has 1 aliphatic rings. The average Bonchev–Trinajstić information content (AvgIpc) is 2.82. The van der Waals surface area contributed by atoms with Crippen molar-refractivity contribution in [3.63, 3.8) is 0 Å². The number of methoxy groups -OCH3 is 1. The SMILES string of the molecule is COCCn1cnnc1C1CCC(N)C(C)C1(C)C. The monoisotopic (exact) mass is 266 g/mol. The first-order valence-electron chi connectivity index (χ1n) is 7.10. The Hall–Kier alpha value is -0.940. The van der Waals surface area contributed by atoms with Gasteiger partial charge in [-0.25, -0.2) is 0 Å². The first-order valence-corrected chi connectivity index (χ1v) is 7.10. The summed E-state index contributed by atoms with van der Waals surface area (Å²) in [6, 6.07) is 0.293. The van der Waals surface area contributed by atoms with Gasteiger partial charge in [-0.2, -0.15) is 0 Å². The molecule has 5 heteroatoms. The summed E-state index contributed by atoms with van der Waals surface area (Å²) in [6.45, 7) is 8.36. The molecule has 1 heterocycles. The van der Waals surface area contributed by atoms with E-state index in [0.29, 0.717) is 24.5 Å². The van der Waals surface area contributed by atoms with Gasteiger partial charge in [0.1, 0.15) is 12.2 Å². The van der Waals surface area contributed by atoms with Crippen LogP contribution in [0, 0.1) is 11.3 Å². The van der Waals surface area contributed by atoms with E-state index in [9.17, 15) is 0 Å². The van der Waals surface area contributed by atoms with Gasteiger partial charge in [0.05, 0.1) is 6.61 Å². The summed E-state index contributed by atoms with van der Waals surface area (Å²) >= 11 is 0. The molecule has 3 atom stereocenters. The number of hydrogen-bond acceptors (Lipinski definition) is 4. The zero-order chi connectivity index (χ0) is 14.0. The first-order chi connectivity index (χ1) is 8.98. The standard InChI is InChI=1S/C14H26N4O/c1-10-12(15)6-5-11(14(10,2)3)13-17-16-9-18(13)7-8-19-4/h9-12H,5-8,15H2,1-4H3. The van der Waals surface area contributed by atoms with E-state index in [0.717, 1.165) is 25.2 Å². The third-order valence-electron chi connectivity index (χ3n) is 5.00. The Kier molecular flexibility index (Phi) is 4.26. The number of aromatic nitrogens is 3. The fraction of sp³-hybridized carbons (Fsp3) is 0.857. The van der Waals surface area contributed by atoms with Crippen molar-refractivity contribution in [3.8, 4) is 0 Å². The molecule has 1 aliphatic carbocycles. The second-order valence-corrected chi connectivity index (χ2v) is 6.28. The van der Waals surface area contributed by atoms with Crippen LogP contribution in [-0.2, 0) is 11.3 Å². The molecular formula is C14H26N4O. The van der Waals surface area contributed by atoms with Crippen molar-refractivity contribution in [2.45, 2.75) is 52.1 Å². The highest BCUT2D eigenvalue weighted by molar-refractivity contribution is 5.08.